The van der Waals surface area contributed by atoms with Crippen LogP contribution in [0, 0.1) is 17.3 Å². The molecule has 6 nitrogen and oxygen atoms in total. The molecule has 6 heteroatoms. The molecule has 2 atom stereocenters. The molecule has 1 aliphatic rings. The summed E-state index contributed by atoms with van der Waals surface area (Å²) in [5.41, 5.74) is 0.0157. The third-order valence-corrected chi connectivity index (χ3v) is 3.59. The Labute approximate surface area is 119 Å². The first-order valence-corrected chi connectivity index (χ1v) is 6.93. The van der Waals surface area contributed by atoms with Gasteiger partial charge < -0.3 is 15.7 Å². The first kappa shape index (κ1) is 16.5. The van der Waals surface area contributed by atoms with Gasteiger partial charge in [0.2, 0.25) is 11.8 Å². The number of carboxylic acid groups (broad SMARTS) is 1. The molecule has 1 aliphatic carbocycles. The maximum Gasteiger partial charge on any atom is 0.326 e. The van der Waals surface area contributed by atoms with Crippen LogP contribution in [0.2, 0.25) is 0 Å². The van der Waals surface area contributed by atoms with Gasteiger partial charge in [-0.2, -0.15) is 0 Å². The fourth-order valence-corrected chi connectivity index (χ4v) is 2.14. The summed E-state index contributed by atoms with van der Waals surface area (Å²) >= 11 is 0. The number of carboxylic acids is 1. The van der Waals surface area contributed by atoms with Crippen LogP contribution in [0.4, 0.5) is 0 Å². The Morgan fingerprint density at radius 3 is 2.25 bits per heavy atom. The van der Waals surface area contributed by atoms with Crippen LogP contribution in [0.1, 0.15) is 40.5 Å². The summed E-state index contributed by atoms with van der Waals surface area (Å²) in [4.78, 5) is 34.4. The zero-order valence-corrected chi connectivity index (χ0v) is 12.5. The molecular weight excluding hydrogens is 260 g/mol. The van der Waals surface area contributed by atoms with Crippen molar-refractivity contribution in [1.82, 2.24) is 10.6 Å². The van der Waals surface area contributed by atoms with Crippen LogP contribution in [0.15, 0.2) is 0 Å². The smallest absolute Gasteiger partial charge is 0.326 e. The van der Waals surface area contributed by atoms with Gasteiger partial charge in [-0.15, -0.1) is 0 Å². The fourth-order valence-electron chi connectivity index (χ4n) is 2.14. The minimum Gasteiger partial charge on any atom is -0.480 e. The largest absolute Gasteiger partial charge is 0.480 e. The Hall–Kier alpha value is -1.59. The van der Waals surface area contributed by atoms with Crippen molar-refractivity contribution < 1.29 is 19.5 Å². The predicted molar refractivity (Wildman–Crippen MR) is 73.9 cm³/mol. The van der Waals surface area contributed by atoms with E-state index in [9.17, 15) is 14.4 Å². The molecule has 0 aromatic heterocycles. The second kappa shape index (κ2) is 6.24. The van der Waals surface area contributed by atoms with E-state index in [-0.39, 0.29) is 29.7 Å². The topological polar surface area (TPSA) is 95.5 Å². The third kappa shape index (κ3) is 4.83. The molecule has 1 fully saturated rings. The van der Waals surface area contributed by atoms with E-state index in [0.29, 0.717) is 6.42 Å². The summed E-state index contributed by atoms with van der Waals surface area (Å²) in [7, 11) is 0. The number of aliphatic carboxylic acids is 1. The molecule has 3 N–H and O–H groups in total. The van der Waals surface area contributed by atoms with E-state index in [2.05, 4.69) is 10.6 Å². The summed E-state index contributed by atoms with van der Waals surface area (Å²) in [6, 6.07) is -0.906. The summed E-state index contributed by atoms with van der Waals surface area (Å²) < 4.78 is 0. The first-order chi connectivity index (χ1) is 9.13. The lowest BCUT2D eigenvalue weighted by atomic mass is 10.0. The molecule has 0 bridgehead atoms. The highest BCUT2D eigenvalue weighted by Gasteiger charge is 2.50. The maximum absolute atomic E-state index is 11.7. The second-order valence-electron chi connectivity index (χ2n) is 6.55. The first-order valence-electron chi connectivity index (χ1n) is 6.93. The van der Waals surface area contributed by atoms with Gasteiger partial charge in [0.25, 0.3) is 0 Å². The number of carbonyl (C=O) groups excluding carboxylic acids is 2. The standard InChI is InChI=1S/C14H24N2O4/c1-8(2)5-10(13(19)20)16-11(17)7-15-12(18)9-6-14(9,3)4/h8-10H,5-7H2,1-4H3,(H,15,18)(H,16,17)(H,19,20)/t9-,10+/m1/s1. The van der Waals surface area contributed by atoms with Crippen molar-refractivity contribution in [2.45, 2.75) is 46.6 Å². The number of hydrogen-bond acceptors (Lipinski definition) is 3. The highest BCUT2D eigenvalue weighted by atomic mass is 16.4. The van der Waals surface area contributed by atoms with Gasteiger partial charge in [-0.3, -0.25) is 9.59 Å². The van der Waals surface area contributed by atoms with Gasteiger partial charge in [0.15, 0.2) is 0 Å². The number of hydrogen-bond donors (Lipinski definition) is 3. The predicted octanol–water partition coefficient (Wildman–Crippen LogP) is 0.764. The van der Waals surface area contributed by atoms with Crippen molar-refractivity contribution in [3.63, 3.8) is 0 Å². The zero-order chi connectivity index (χ0) is 15.5. The second-order valence-corrected chi connectivity index (χ2v) is 6.55. The highest BCUT2D eigenvalue weighted by molar-refractivity contribution is 5.89. The van der Waals surface area contributed by atoms with Crippen molar-refractivity contribution in [3.05, 3.63) is 0 Å². The van der Waals surface area contributed by atoms with E-state index in [0.717, 1.165) is 6.42 Å². The minimum absolute atomic E-state index is 0.0157. The van der Waals surface area contributed by atoms with Crippen molar-refractivity contribution in [1.29, 1.82) is 0 Å². The van der Waals surface area contributed by atoms with Gasteiger partial charge in [-0.1, -0.05) is 27.7 Å². The Morgan fingerprint density at radius 1 is 1.30 bits per heavy atom. The Bertz CT molecular complexity index is 404. The van der Waals surface area contributed by atoms with E-state index in [1.807, 2.05) is 27.7 Å². The Balaban J connectivity index is 2.35. The number of carbonyl (C=O) groups is 3. The maximum atomic E-state index is 11.7. The number of rotatable bonds is 7. The molecule has 0 radical (unpaired) electrons. The molecule has 0 aliphatic heterocycles. The minimum atomic E-state index is -1.05. The van der Waals surface area contributed by atoms with Crippen LogP contribution in [0.3, 0.4) is 0 Å². The lowest BCUT2D eigenvalue weighted by Crippen LogP contribution is -2.46. The molecule has 0 saturated heterocycles. The highest BCUT2D eigenvalue weighted by Crippen LogP contribution is 2.51. The van der Waals surface area contributed by atoms with Crippen LogP contribution >= 0.6 is 0 Å². The molecule has 20 heavy (non-hydrogen) atoms. The van der Waals surface area contributed by atoms with Crippen LogP contribution in [-0.2, 0) is 14.4 Å². The molecule has 0 spiro atoms. The normalized spacial score (nSPS) is 21.1. The molecule has 0 heterocycles. The van der Waals surface area contributed by atoms with Crippen molar-refractivity contribution in [3.8, 4) is 0 Å². The molecule has 114 valence electrons. The van der Waals surface area contributed by atoms with Crippen LogP contribution in [0.25, 0.3) is 0 Å². The monoisotopic (exact) mass is 284 g/mol. The van der Waals surface area contributed by atoms with Crippen LogP contribution < -0.4 is 10.6 Å². The van der Waals surface area contributed by atoms with E-state index < -0.39 is 17.9 Å². The third-order valence-electron chi connectivity index (χ3n) is 3.59. The zero-order valence-electron chi connectivity index (χ0n) is 12.5. The quantitative estimate of drug-likeness (QED) is 0.643. The van der Waals surface area contributed by atoms with E-state index in [4.69, 9.17) is 5.11 Å². The molecule has 0 aromatic carbocycles. The van der Waals surface area contributed by atoms with Crippen molar-refractivity contribution in [2.24, 2.45) is 17.3 Å². The van der Waals surface area contributed by atoms with Crippen molar-refractivity contribution >= 4 is 17.8 Å². The van der Waals surface area contributed by atoms with Crippen LogP contribution in [-0.4, -0.2) is 35.5 Å². The number of amides is 2. The van der Waals surface area contributed by atoms with Crippen LogP contribution in [0.5, 0.6) is 0 Å². The number of nitrogens with one attached hydrogen (secondary N) is 2. The van der Waals surface area contributed by atoms with Crippen molar-refractivity contribution in [2.75, 3.05) is 6.54 Å². The Morgan fingerprint density at radius 2 is 1.85 bits per heavy atom. The summed E-state index contributed by atoms with van der Waals surface area (Å²) in [5.74, 6) is -1.54. The lowest BCUT2D eigenvalue weighted by Gasteiger charge is -2.16. The molecular formula is C14H24N2O4. The van der Waals surface area contributed by atoms with Gasteiger partial charge in [0.1, 0.15) is 6.04 Å². The molecule has 1 saturated carbocycles. The Kier molecular flexibility index (Phi) is 5.14. The summed E-state index contributed by atoms with van der Waals surface area (Å²) in [6.45, 7) is 7.60. The fraction of sp³-hybridized carbons (Fsp3) is 0.786. The average Bonchev–Trinajstić information content (AvgIpc) is 2.94. The lowest BCUT2D eigenvalue weighted by molar-refractivity contribution is -0.142. The van der Waals surface area contributed by atoms with Gasteiger partial charge in [-0.25, -0.2) is 4.79 Å². The van der Waals surface area contributed by atoms with E-state index in [1.165, 1.54) is 0 Å². The van der Waals surface area contributed by atoms with E-state index >= 15 is 0 Å². The average molecular weight is 284 g/mol. The SMILES string of the molecule is CC(C)C[C@H](NC(=O)CNC(=O)[C@H]1CC1(C)C)C(=O)O. The molecule has 2 amide bonds. The van der Waals surface area contributed by atoms with E-state index in [1.54, 1.807) is 0 Å². The van der Waals surface area contributed by atoms with Gasteiger partial charge in [-0.05, 0) is 24.2 Å². The van der Waals surface area contributed by atoms with Gasteiger partial charge in [0.05, 0.1) is 6.54 Å². The molecule has 1 rings (SSSR count). The summed E-state index contributed by atoms with van der Waals surface area (Å²) in [6.07, 6.45) is 1.19. The molecule has 0 unspecified atom stereocenters. The van der Waals surface area contributed by atoms with Gasteiger partial charge >= 0.3 is 5.97 Å². The summed E-state index contributed by atoms with van der Waals surface area (Å²) in [5, 5.41) is 14.0. The van der Waals surface area contributed by atoms with Gasteiger partial charge in [0, 0.05) is 5.92 Å². The molecule has 0 aromatic rings.